The van der Waals surface area contributed by atoms with E-state index in [0.29, 0.717) is 24.1 Å². The summed E-state index contributed by atoms with van der Waals surface area (Å²) in [7, 11) is 0.787. The van der Waals surface area contributed by atoms with E-state index < -0.39 is 6.04 Å². The standard InChI is InChI=1S/C28H27BClN5O2/c1-14-16(3)29-27-25(14)26(18-5-8-20(30)9-6-18)32-23(28-34-33-17(4)35(27)28)11-24(36)31-22-10-7-19-12-37-13-21(19)15(22)2/h5-10,23,29H,11-13H2,1-4H3,(H,31,36)/t23-/m0/s1. The number of amides is 1. The molecular formula is C28H27BClN5O2. The van der Waals surface area contributed by atoms with Gasteiger partial charge in [-0.1, -0.05) is 47.8 Å². The number of allylic oxidation sites excluding steroid dienone is 3. The monoisotopic (exact) mass is 511 g/mol. The van der Waals surface area contributed by atoms with Crippen LogP contribution in [-0.4, -0.2) is 33.7 Å². The van der Waals surface area contributed by atoms with E-state index in [9.17, 15) is 4.79 Å². The van der Waals surface area contributed by atoms with Crippen LogP contribution in [0.1, 0.15) is 60.2 Å². The van der Waals surface area contributed by atoms with Crippen LogP contribution >= 0.6 is 11.6 Å². The molecule has 1 N–H and O–H groups in total. The Hall–Kier alpha value is -3.49. The third kappa shape index (κ3) is 4.05. The maximum atomic E-state index is 13.4. The minimum absolute atomic E-state index is 0.121. The molecule has 0 aliphatic carbocycles. The highest BCUT2D eigenvalue weighted by Gasteiger charge is 2.35. The zero-order valence-electron chi connectivity index (χ0n) is 21.4. The van der Waals surface area contributed by atoms with E-state index in [1.165, 1.54) is 16.6 Å². The van der Waals surface area contributed by atoms with Gasteiger partial charge in [0.2, 0.25) is 13.2 Å². The number of carbonyl (C=O) groups excluding carboxylic acids is 1. The zero-order valence-corrected chi connectivity index (χ0v) is 22.1. The second-order valence-electron chi connectivity index (χ2n) is 9.97. The van der Waals surface area contributed by atoms with Crippen molar-refractivity contribution in [2.75, 3.05) is 5.32 Å². The molecule has 37 heavy (non-hydrogen) atoms. The third-order valence-electron chi connectivity index (χ3n) is 7.65. The first-order chi connectivity index (χ1) is 17.8. The van der Waals surface area contributed by atoms with Crippen molar-refractivity contribution < 1.29 is 9.53 Å². The first kappa shape index (κ1) is 23.9. The SMILES string of the molecule is CC1=C(C)C2=C(B1)n1c(C)nnc1[C@H](CC(=O)Nc1ccc3c(c1C)COC3)N=C2c1ccc(Cl)cc1. The predicted molar refractivity (Wildman–Crippen MR) is 147 cm³/mol. The first-order valence-electron chi connectivity index (χ1n) is 12.5. The molecule has 186 valence electrons. The second kappa shape index (κ2) is 9.12. The summed E-state index contributed by atoms with van der Waals surface area (Å²) in [5, 5.41) is 12.7. The molecule has 7 nitrogen and oxygen atoms in total. The van der Waals surface area contributed by atoms with Gasteiger partial charge in [-0.15, -0.1) is 10.2 Å². The quantitative estimate of drug-likeness (QED) is 0.496. The Morgan fingerprint density at radius 2 is 1.89 bits per heavy atom. The van der Waals surface area contributed by atoms with Gasteiger partial charge in [-0.3, -0.25) is 14.4 Å². The number of benzene rings is 2. The predicted octanol–water partition coefficient (Wildman–Crippen LogP) is 5.06. The van der Waals surface area contributed by atoms with Crippen molar-refractivity contribution in [2.24, 2.45) is 4.99 Å². The van der Waals surface area contributed by atoms with Crippen LogP contribution in [0.2, 0.25) is 5.02 Å². The average molecular weight is 512 g/mol. The van der Waals surface area contributed by atoms with Crippen LogP contribution in [0.25, 0.3) is 5.60 Å². The van der Waals surface area contributed by atoms with Crippen molar-refractivity contribution in [2.45, 2.75) is 53.4 Å². The molecular weight excluding hydrogens is 485 g/mol. The van der Waals surface area contributed by atoms with E-state index in [2.05, 4.69) is 33.9 Å². The summed E-state index contributed by atoms with van der Waals surface area (Å²) in [5.74, 6) is 1.35. The highest BCUT2D eigenvalue weighted by Crippen LogP contribution is 2.39. The fraction of sp³-hybridized carbons (Fsp3) is 0.286. The summed E-state index contributed by atoms with van der Waals surface area (Å²) in [6.07, 6.45) is 0.143. The third-order valence-corrected chi connectivity index (χ3v) is 7.90. The van der Waals surface area contributed by atoms with E-state index >= 15 is 0 Å². The number of fused-ring (bicyclic) bond motifs is 3. The Morgan fingerprint density at radius 1 is 1.11 bits per heavy atom. The molecule has 2 aromatic carbocycles. The largest absolute Gasteiger partial charge is 0.372 e. The van der Waals surface area contributed by atoms with Gasteiger partial charge in [-0.05, 0) is 55.7 Å². The Bertz CT molecular complexity index is 1550. The maximum Gasteiger partial charge on any atom is 0.227 e. The number of halogens is 1. The van der Waals surface area contributed by atoms with E-state index in [1.807, 2.05) is 50.2 Å². The van der Waals surface area contributed by atoms with Gasteiger partial charge in [0, 0.05) is 27.4 Å². The van der Waals surface area contributed by atoms with Gasteiger partial charge in [-0.2, -0.15) is 0 Å². The van der Waals surface area contributed by atoms with Crippen LogP contribution < -0.4 is 5.32 Å². The molecule has 3 aliphatic heterocycles. The molecule has 0 spiro atoms. The molecule has 1 atom stereocenters. The van der Waals surface area contributed by atoms with Gasteiger partial charge in [-0.25, -0.2) is 0 Å². The average Bonchev–Trinajstić information content (AvgIpc) is 3.55. The number of aryl methyl sites for hydroxylation is 1. The van der Waals surface area contributed by atoms with Gasteiger partial charge in [0.1, 0.15) is 11.9 Å². The topological polar surface area (TPSA) is 81.4 Å². The van der Waals surface area contributed by atoms with Gasteiger partial charge in [0.25, 0.3) is 0 Å². The molecule has 0 unspecified atom stereocenters. The molecule has 1 amide bonds. The summed E-state index contributed by atoms with van der Waals surface area (Å²) >= 11 is 6.20. The summed E-state index contributed by atoms with van der Waals surface area (Å²) < 4.78 is 7.68. The summed E-state index contributed by atoms with van der Waals surface area (Å²) in [4.78, 5) is 18.6. The van der Waals surface area contributed by atoms with E-state index in [-0.39, 0.29) is 12.3 Å². The van der Waals surface area contributed by atoms with Crippen LogP contribution in [0.3, 0.4) is 0 Å². The normalized spacial score (nSPS) is 18.2. The Balaban J connectivity index is 1.40. The van der Waals surface area contributed by atoms with Crippen molar-refractivity contribution >= 4 is 41.8 Å². The number of ether oxygens (including phenoxy) is 1. The van der Waals surface area contributed by atoms with Gasteiger partial charge in [0.05, 0.1) is 25.3 Å². The van der Waals surface area contributed by atoms with Gasteiger partial charge < -0.3 is 10.1 Å². The van der Waals surface area contributed by atoms with E-state index in [1.54, 1.807) is 0 Å². The fourth-order valence-corrected chi connectivity index (χ4v) is 5.63. The Kier molecular flexibility index (Phi) is 5.89. The van der Waals surface area contributed by atoms with Crippen molar-refractivity contribution in [3.05, 3.63) is 91.9 Å². The van der Waals surface area contributed by atoms with Crippen LogP contribution in [0.5, 0.6) is 0 Å². The highest BCUT2D eigenvalue weighted by molar-refractivity contribution is 6.69. The van der Waals surface area contributed by atoms with E-state index in [0.717, 1.165) is 52.4 Å². The number of anilines is 1. The molecule has 3 aromatic rings. The number of aliphatic imine (C=N–C) groups is 1. The van der Waals surface area contributed by atoms with Gasteiger partial charge in [0.15, 0.2) is 5.82 Å². The van der Waals surface area contributed by atoms with Crippen molar-refractivity contribution in [1.29, 1.82) is 0 Å². The lowest BCUT2D eigenvalue weighted by Crippen LogP contribution is -2.19. The summed E-state index contributed by atoms with van der Waals surface area (Å²) in [6, 6.07) is 11.2. The number of hydrogen-bond donors (Lipinski definition) is 1. The molecule has 9 heteroatoms. The maximum absolute atomic E-state index is 13.4. The minimum Gasteiger partial charge on any atom is -0.372 e. The molecule has 6 rings (SSSR count). The molecule has 0 saturated carbocycles. The van der Waals surface area contributed by atoms with Crippen molar-refractivity contribution in [3.8, 4) is 0 Å². The summed E-state index contributed by atoms with van der Waals surface area (Å²) in [5.41, 5.74) is 10.7. The number of aromatic nitrogens is 3. The summed E-state index contributed by atoms with van der Waals surface area (Å²) in [6.45, 7) is 9.46. The first-order valence-corrected chi connectivity index (χ1v) is 12.8. The fourth-order valence-electron chi connectivity index (χ4n) is 5.50. The molecule has 4 heterocycles. The number of rotatable bonds is 4. The zero-order chi connectivity index (χ0) is 25.8. The van der Waals surface area contributed by atoms with Crippen LogP contribution in [0.4, 0.5) is 5.69 Å². The lowest BCUT2D eigenvalue weighted by Gasteiger charge is -2.16. The van der Waals surface area contributed by atoms with Crippen LogP contribution in [0, 0.1) is 13.8 Å². The molecule has 3 aliphatic rings. The molecule has 1 aromatic heterocycles. The second-order valence-corrected chi connectivity index (χ2v) is 10.4. The smallest absolute Gasteiger partial charge is 0.227 e. The minimum atomic E-state index is -0.497. The molecule has 0 radical (unpaired) electrons. The highest BCUT2D eigenvalue weighted by atomic mass is 35.5. The van der Waals surface area contributed by atoms with E-state index in [4.69, 9.17) is 21.3 Å². The van der Waals surface area contributed by atoms with Crippen LogP contribution in [-0.2, 0) is 22.7 Å². The molecule has 0 bridgehead atoms. The molecule has 0 saturated heterocycles. The van der Waals surface area contributed by atoms with Crippen molar-refractivity contribution in [3.63, 3.8) is 0 Å². The Labute approximate surface area is 221 Å². The van der Waals surface area contributed by atoms with Gasteiger partial charge >= 0.3 is 0 Å². The number of carbonyl (C=O) groups is 1. The van der Waals surface area contributed by atoms with Crippen molar-refractivity contribution in [1.82, 2.24) is 14.8 Å². The number of nitrogens with zero attached hydrogens (tertiary/aromatic N) is 4. The van der Waals surface area contributed by atoms with Crippen LogP contribution in [0.15, 0.2) is 58.0 Å². The Morgan fingerprint density at radius 3 is 2.68 bits per heavy atom. The number of nitrogens with one attached hydrogen (secondary N) is 1. The molecule has 0 fully saturated rings. The number of hydrogen-bond acceptors (Lipinski definition) is 5. The lowest BCUT2D eigenvalue weighted by molar-refractivity contribution is -0.116. The lowest BCUT2D eigenvalue weighted by atomic mass is 9.69.